The van der Waals surface area contributed by atoms with Crippen LogP contribution in [0.1, 0.15) is 231 Å². The minimum absolute atomic E-state index is 1.17. The third-order valence-electron chi connectivity index (χ3n) is 15.9. The van der Waals surface area contributed by atoms with Crippen LogP contribution in [0.15, 0.2) is 74.4 Å². The molecule has 0 bridgehead atoms. The standard InChI is InChI=1S/6C11H21N2.3BFO2/c6*1-4-5-6-7-8-13-10-9-12(3)11(13)2;3*2-1(3)4/h6*9-10H,4-8H2,1-3H3;;;/q6*+1;3*-2. The van der Waals surface area contributed by atoms with Crippen molar-refractivity contribution in [2.75, 3.05) is 0 Å². The largest absolute Gasteiger partial charge is 0.867 e. The Kier molecular flexibility index (Phi) is 57.4. The molecule has 0 aromatic carbocycles. The molecule has 0 saturated carbocycles. The molecule has 0 aliphatic heterocycles. The topological polar surface area (TPSA) is 191 Å². The fourth-order valence-electron chi connectivity index (χ4n) is 9.26. The van der Waals surface area contributed by atoms with Crippen LogP contribution in [0, 0.1) is 41.5 Å². The van der Waals surface area contributed by atoms with Crippen LogP contribution in [0.5, 0.6) is 0 Å². The number of aryl methyl sites for hydroxylation is 12. The molecule has 6 aromatic heterocycles. The molecule has 6 heterocycles. The highest BCUT2D eigenvalue weighted by Crippen LogP contribution is 2.08. The maximum absolute atomic E-state index is 9.89. The smallest absolute Gasteiger partial charge is 0.253 e. The number of rotatable bonds is 30. The first-order chi connectivity index (χ1) is 42.7. The molecule has 0 aliphatic rings. The molecule has 0 saturated heterocycles. The molecule has 6 aromatic rings. The molecule has 0 radical (unpaired) electrons. The van der Waals surface area contributed by atoms with Crippen molar-refractivity contribution in [3.8, 4) is 0 Å². The minimum Gasteiger partial charge on any atom is -0.867 e. The Morgan fingerprint density at radius 3 is 0.444 bits per heavy atom. The SMILES string of the molecule is CCCCCCn1cc[n+](C)c1C.CCCCCCn1cc[n+](C)c1C.CCCCCCn1cc[n+](C)c1C.CCCCCCn1cc[n+](C)c1C.CCCCCCn1cc[n+](C)c1C.CCCCCCn1cc[n+](C)c1C.[O-]B([O-])F.[O-]B([O-])F.[O-]B([O-])F. The lowest BCUT2D eigenvalue weighted by atomic mass is 10.2. The number of imidazole rings is 6. The van der Waals surface area contributed by atoms with Crippen molar-refractivity contribution in [2.24, 2.45) is 42.3 Å². The summed E-state index contributed by atoms with van der Waals surface area (Å²) in [6.07, 6.45) is 57.8. The van der Waals surface area contributed by atoms with Gasteiger partial charge in [0.2, 0.25) is 0 Å². The Morgan fingerprint density at radius 2 is 0.367 bits per heavy atom. The van der Waals surface area contributed by atoms with E-state index < -0.39 is 22.2 Å². The van der Waals surface area contributed by atoms with E-state index in [1.807, 2.05) is 0 Å². The first-order valence-corrected chi connectivity index (χ1v) is 33.7. The van der Waals surface area contributed by atoms with Gasteiger partial charge in [-0.25, -0.2) is 54.8 Å². The molecule has 0 atom stereocenters. The van der Waals surface area contributed by atoms with Gasteiger partial charge in [-0.1, -0.05) is 119 Å². The third kappa shape index (κ3) is 47.0. The van der Waals surface area contributed by atoms with E-state index in [1.165, 1.54) is 228 Å². The number of unbranched alkanes of at least 4 members (excludes halogenated alkanes) is 18. The van der Waals surface area contributed by atoms with Gasteiger partial charge in [-0.2, -0.15) is 0 Å². The molecule has 24 heteroatoms. The van der Waals surface area contributed by atoms with Gasteiger partial charge < -0.3 is 43.1 Å². The summed E-state index contributed by atoms with van der Waals surface area (Å²) in [5.41, 5.74) is 0. The van der Waals surface area contributed by atoms with Crippen molar-refractivity contribution in [3.05, 3.63) is 109 Å². The summed E-state index contributed by atoms with van der Waals surface area (Å²) in [4.78, 5) is 0. The number of aromatic nitrogens is 12. The van der Waals surface area contributed by atoms with Crippen LogP contribution in [0.2, 0.25) is 0 Å². The van der Waals surface area contributed by atoms with Gasteiger partial charge in [-0.3, -0.25) is 0 Å². The van der Waals surface area contributed by atoms with Crippen molar-refractivity contribution < 1.29 is 70.5 Å². The Bertz CT molecular complexity index is 2120. The first-order valence-electron chi connectivity index (χ1n) is 33.7. The second-order valence-corrected chi connectivity index (χ2v) is 23.1. The molecule has 6 rings (SSSR count). The molecule has 0 spiro atoms. The van der Waals surface area contributed by atoms with Crippen molar-refractivity contribution in [2.45, 2.75) is 276 Å². The number of nitrogens with zero attached hydrogens (tertiary/aromatic N) is 12. The summed E-state index contributed by atoms with van der Waals surface area (Å²) in [5, 5.41) is 49.8. The van der Waals surface area contributed by atoms with Gasteiger partial charge in [0.15, 0.2) is 0 Å². The fraction of sp³-hybridized carbons (Fsp3) is 0.727. The van der Waals surface area contributed by atoms with Gasteiger partial charge in [0, 0.05) is 41.5 Å². The van der Waals surface area contributed by atoms with Crippen molar-refractivity contribution in [3.63, 3.8) is 0 Å². The van der Waals surface area contributed by atoms with Crippen LogP contribution >= 0.6 is 0 Å². The van der Waals surface area contributed by atoms with Crippen LogP contribution < -0.4 is 57.5 Å². The van der Waals surface area contributed by atoms with Crippen LogP contribution in [0.25, 0.3) is 0 Å². The van der Waals surface area contributed by atoms with E-state index in [-0.39, 0.29) is 0 Å². The van der Waals surface area contributed by atoms with E-state index in [4.69, 9.17) is 30.1 Å². The highest BCUT2D eigenvalue weighted by molar-refractivity contribution is 6.27. The summed E-state index contributed by atoms with van der Waals surface area (Å²) >= 11 is 0. The lowest BCUT2D eigenvalue weighted by molar-refractivity contribution is -0.677. The van der Waals surface area contributed by atoms with Crippen molar-refractivity contribution >= 4 is 22.2 Å². The van der Waals surface area contributed by atoms with E-state index in [2.05, 4.69) is 255 Å². The number of hydrogen-bond donors (Lipinski definition) is 0. The zero-order valence-electron chi connectivity index (χ0n) is 59.8. The number of halogens is 3. The Labute approximate surface area is 545 Å². The normalized spacial score (nSPS) is 10.2. The van der Waals surface area contributed by atoms with E-state index in [9.17, 15) is 12.9 Å². The molecule has 0 amide bonds. The molecule has 0 N–H and O–H groups in total. The monoisotopic (exact) mass is 1270 g/mol. The van der Waals surface area contributed by atoms with Gasteiger partial charge in [-0.15, -0.1) is 0 Å². The van der Waals surface area contributed by atoms with Crippen LogP contribution in [0.3, 0.4) is 0 Å². The van der Waals surface area contributed by atoms with E-state index in [0.717, 1.165) is 0 Å². The van der Waals surface area contributed by atoms with Gasteiger partial charge >= 0.3 is 0 Å². The number of hydrogen-bond acceptors (Lipinski definition) is 6. The van der Waals surface area contributed by atoms with Crippen molar-refractivity contribution in [1.82, 2.24) is 27.4 Å². The molecule has 0 unspecified atom stereocenters. The van der Waals surface area contributed by atoms with Crippen LogP contribution in [0.4, 0.5) is 12.9 Å². The van der Waals surface area contributed by atoms with Crippen molar-refractivity contribution in [1.29, 1.82) is 0 Å². The molecule has 90 heavy (non-hydrogen) atoms. The second kappa shape index (κ2) is 57.9. The summed E-state index contributed by atoms with van der Waals surface area (Å²) in [6, 6.07) is 0. The average Bonchev–Trinajstić information content (AvgIpc) is 2.85. The summed E-state index contributed by atoms with van der Waals surface area (Å²) in [6.45, 7) is 33.5. The predicted octanol–water partition coefficient (Wildman–Crippen LogP) is 6.19. The maximum atomic E-state index is 9.89. The Balaban J connectivity index is -0.000000972. The highest BCUT2D eigenvalue weighted by Gasteiger charge is 2.12. The van der Waals surface area contributed by atoms with Crippen LogP contribution in [-0.4, -0.2) is 49.6 Å². The van der Waals surface area contributed by atoms with E-state index in [0.29, 0.717) is 0 Å². The van der Waals surface area contributed by atoms with Gasteiger partial charge in [-0.05, 0) is 77.0 Å². The first kappa shape index (κ1) is 89.2. The zero-order chi connectivity index (χ0) is 68.8. The third-order valence-corrected chi connectivity index (χ3v) is 15.9. The molecular formula is C66H126B3F3N12O6. The fourth-order valence-corrected chi connectivity index (χ4v) is 9.26. The average molecular weight is 1270 g/mol. The lowest BCUT2D eigenvalue weighted by Crippen LogP contribution is -2.39. The van der Waals surface area contributed by atoms with Gasteiger partial charge in [0.05, 0.1) is 81.6 Å². The predicted molar refractivity (Wildman–Crippen MR) is 348 cm³/mol. The summed E-state index contributed by atoms with van der Waals surface area (Å²) in [7, 11) is 3.07. The van der Waals surface area contributed by atoms with Crippen LogP contribution in [-0.2, 0) is 81.6 Å². The van der Waals surface area contributed by atoms with Gasteiger partial charge in [0.1, 0.15) is 96.5 Å². The second-order valence-electron chi connectivity index (χ2n) is 23.1. The quantitative estimate of drug-likeness (QED) is 0.0293. The lowest BCUT2D eigenvalue weighted by Gasteiger charge is -2.09. The maximum Gasteiger partial charge on any atom is 0.253 e. The summed E-state index contributed by atoms with van der Waals surface area (Å²) in [5.74, 6) is 8.06. The highest BCUT2D eigenvalue weighted by atomic mass is 19.1. The molecule has 516 valence electrons. The summed E-state index contributed by atoms with van der Waals surface area (Å²) < 4.78 is 56.6. The minimum atomic E-state index is -3.17. The van der Waals surface area contributed by atoms with E-state index >= 15 is 0 Å². The molecule has 18 nitrogen and oxygen atoms in total. The van der Waals surface area contributed by atoms with Gasteiger partial charge in [0.25, 0.3) is 34.9 Å². The Hall–Kier alpha value is -5.00. The Morgan fingerprint density at radius 1 is 0.256 bits per heavy atom. The molecule has 0 fully saturated rings. The van der Waals surface area contributed by atoms with E-state index in [1.54, 1.807) is 0 Å². The zero-order valence-corrected chi connectivity index (χ0v) is 59.8. The molecule has 0 aliphatic carbocycles. The molecular weight excluding hydrogens is 1150 g/mol.